The summed E-state index contributed by atoms with van der Waals surface area (Å²) in [6, 6.07) is 12.3. The molecule has 0 saturated carbocycles. The van der Waals surface area contributed by atoms with Gasteiger partial charge in [0, 0.05) is 43.5 Å². The van der Waals surface area contributed by atoms with Crippen LogP contribution in [0.2, 0.25) is 5.02 Å². The van der Waals surface area contributed by atoms with Crippen molar-refractivity contribution in [2.24, 2.45) is 0 Å². The molecule has 154 valence electrons. The number of nitro benzene ring substituents is 1. The van der Waals surface area contributed by atoms with Crippen LogP contribution in [-0.4, -0.2) is 51.7 Å². The number of halogens is 2. The van der Waals surface area contributed by atoms with E-state index in [0.717, 1.165) is 0 Å². The first kappa shape index (κ1) is 19.8. The van der Waals surface area contributed by atoms with Crippen LogP contribution in [0.4, 0.5) is 15.8 Å². The van der Waals surface area contributed by atoms with E-state index in [1.54, 1.807) is 47.5 Å². The zero-order valence-electron chi connectivity index (χ0n) is 15.7. The molecule has 1 aliphatic rings. The predicted molar refractivity (Wildman–Crippen MR) is 110 cm³/mol. The van der Waals surface area contributed by atoms with Gasteiger partial charge in [-0.05, 0) is 30.3 Å². The lowest BCUT2D eigenvalue weighted by Crippen LogP contribution is -2.49. The third-order valence-electron chi connectivity index (χ3n) is 4.95. The van der Waals surface area contributed by atoms with E-state index in [1.807, 2.05) is 4.90 Å². The van der Waals surface area contributed by atoms with Gasteiger partial charge in [-0.1, -0.05) is 23.7 Å². The molecule has 10 heteroatoms. The molecule has 2 aromatic carbocycles. The molecule has 0 unspecified atom stereocenters. The van der Waals surface area contributed by atoms with E-state index < -0.39 is 10.7 Å². The number of piperazine rings is 1. The molecule has 1 saturated heterocycles. The van der Waals surface area contributed by atoms with Crippen molar-refractivity contribution in [2.75, 3.05) is 31.1 Å². The van der Waals surface area contributed by atoms with Crippen LogP contribution in [0.25, 0.3) is 5.69 Å². The van der Waals surface area contributed by atoms with Crippen LogP contribution >= 0.6 is 11.6 Å². The number of amides is 1. The fourth-order valence-electron chi connectivity index (χ4n) is 3.43. The van der Waals surface area contributed by atoms with Crippen LogP contribution in [0.5, 0.6) is 0 Å². The van der Waals surface area contributed by atoms with E-state index >= 15 is 0 Å². The first-order chi connectivity index (χ1) is 14.4. The van der Waals surface area contributed by atoms with Gasteiger partial charge in [0.15, 0.2) is 5.69 Å². The molecular weight excluding hydrogens is 413 g/mol. The standard InChI is InChI=1S/C20H17ClFN5O3/c21-14-5-6-18(19(13-14)27(29)30)24-9-11-25(12-10-24)20(28)16-7-8-26(23-16)17-4-2-1-3-15(17)22/h1-8,13H,9-12H2. The summed E-state index contributed by atoms with van der Waals surface area (Å²) < 4.78 is 15.3. The summed E-state index contributed by atoms with van der Waals surface area (Å²) >= 11 is 5.88. The number of hydrogen-bond acceptors (Lipinski definition) is 5. The van der Waals surface area contributed by atoms with Crippen molar-refractivity contribution in [1.29, 1.82) is 0 Å². The van der Waals surface area contributed by atoms with Gasteiger partial charge in [-0.2, -0.15) is 5.10 Å². The number of nitro groups is 1. The van der Waals surface area contributed by atoms with Crippen LogP contribution < -0.4 is 4.90 Å². The molecule has 1 fully saturated rings. The Morgan fingerprint density at radius 2 is 1.80 bits per heavy atom. The molecule has 0 atom stereocenters. The van der Waals surface area contributed by atoms with Crippen molar-refractivity contribution in [3.8, 4) is 5.69 Å². The number of nitrogens with zero attached hydrogens (tertiary/aromatic N) is 5. The molecule has 3 aromatic rings. The molecule has 0 radical (unpaired) electrons. The van der Waals surface area contributed by atoms with E-state index in [2.05, 4.69) is 5.10 Å². The summed E-state index contributed by atoms with van der Waals surface area (Å²) in [5.41, 5.74) is 0.881. The van der Waals surface area contributed by atoms with Gasteiger partial charge in [-0.25, -0.2) is 9.07 Å². The molecule has 0 spiro atoms. The van der Waals surface area contributed by atoms with E-state index in [9.17, 15) is 19.3 Å². The molecule has 1 aliphatic heterocycles. The minimum atomic E-state index is -0.464. The van der Waals surface area contributed by atoms with Crippen molar-refractivity contribution < 1.29 is 14.1 Å². The quantitative estimate of drug-likeness (QED) is 0.468. The van der Waals surface area contributed by atoms with Crippen molar-refractivity contribution >= 4 is 28.9 Å². The Labute approximate surface area is 176 Å². The first-order valence-corrected chi connectivity index (χ1v) is 9.60. The topological polar surface area (TPSA) is 84.5 Å². The monoisotopic (exact) mass is 429 g/mol. The zero-order chi connectivity index (χ0) is 21.3. The maximum Gasteiger partial charge on any atom is 0.294 e. The van der Waals surface area contributed by atoms with Gasteiger partial charge < -0.3 is 9.80 Å². The van der Waals surface area contributed by atoms with Gasteiger partial charge in [0.05, 0.1) is 4.92 Å². The summed E-state index contributed by atoms with van der Waals surface area (Å²) in [7, 11) is 0. The Morgan fingerprint density at radius 1 is 1.07 bits per heavy atom. The lowest BCUT2D eigenvalue weighted by Gasteiger charge is -2.35. The Bertz CT molecular complexity index is 1110. The highest BCUT2D eigenvalue weighted by Gasteiger charge is 2.27. The van der Waals surface area contributed by atoms with Crippen LogP contribution in [0.15, 0.2) is 54.7 Å². The average Bonchev–Trinajstić information content (AvgIpc) is 3.23. The van der Waals surface area contributed by atoms with E-state index in [1.165, 1.54) is 16.8 Å². The molecule has 8 nitrogen and oxygen atoms in total. The number of carbonyl (C=O) groups excluding carboxylic acids is 1. The van der Waals surface area contributed by atoms with Crippen LogP contribution in [-0.2, 0) is 0 Å². The second kappa shape index (κ2) is 8.11. The zero-order valence-corrected chi connectivity index (χ0v) is 16.5. The molecule has 0 bridgehead atoms. The smallest absolute Gasteiger partial charge is 0.294 e. The Morgan fingerprint density at radius 3 is 2.50 bits per heavy atom. The molecule has 0 N–H and O–H groups in total. The number of aromatic nitrogens is 2. The average molecular weight is 430 g/mol. The highest BCUT2D eigenvalue weighted by molar-refractivity contribution is 6.30. The molecule has 30 heavy (non-hydrogen) atoms. The van der Waals surface area contributed by atoms with Crippen LogP contribution in [0.1, 0.15) is 10.5 Å². The fraction of sp³-hybridized carbons (Fsp3) is 0.200. The lowest BCUT2D eigenvalue weighted by molar-refractivity contribution is -0.384. The van der Waals surface area contributed by atoms with Gasteiger partial charge in [0.1, 0.15) is 17.2 Å². The second-order valence-electron chi connectivity index (χ2n) is 6.77. The Hall–Kier alpha value is -3.46. The second-order valence-corrected chi connectivity index (χ2v) is 7.20. The van der Waals surface area contributed by atoms with Gasteiger partial charge >= 0.3 is 0 Å². The number of hydrogen-bond donors (Lipinski definition) is 0. The maximum absolute atomic E-state index is 13.9. The largest absolute Gasteiger partial charge is 0.362 e. The highest BCUT2D eigenvalue weighted by Crippen LogP contribution is 2.31. The number of rotatable bonds is 4. The molecule has 1 amide bonds. The number of para-hydroxylation sites is 1. The van der Waals surface area contributed by atoms with E-state index in [0.29, 0.717) is 36.9 Å². The van der Waals surface area contributed by atoms with Gasteiger partial charge in [0.25, 0.3) is 11.6 Å². The fourth-order valence-corrected chi connectivity index (χ4v) is 3.60. The van der Waals surface area contributed by atoms with Crippen molar-refractivity contribution in [3.05, 3.63) is 81.4 Å². The van der Waals surface area contributed by atoms with Crippen LogP contribution in [0, 0.1) is 15.9 Å². The van der Waals surface area contributed by atoms with Gasteiger partial charge in [-0.3, -0.25) is 14.9 Å². The highest BCUT2D eigenvalue weighted by atomic mass is 35.5. The summed E-state index contributed by atoms with van der Waals surface area (Å²) in [6.45, 7) is 1.63. The minimum Gasteiger partial charge on any atom is -0.362 e. The SMILES string of the molecule is O=C(c1ccn(-c2ccccc2F)n1)N1CCN(c2ccc(Cl)cc2[N+](=O)[O-])CC1. The number of anilines is 1. The third kappa shape index (κ3) is 3.84. The maximum atomic E-state index is 13.9. The predicted octanol–water partition coefficient (Wildman–Crippen LogP) is 3.54. The summed E-state index contributed by atoms with van der Waals surface area (Å²) in [6.07, 6.45) is 1.54. The van der Waals surface area contributed by atoms with E-state index in [-0.39, 0.29) is 23.0 Å². The summed E-state index contributed by atoms with van der Waals surface area (Å²) in [5.74, 6) is -0.701. The van der Waals surface area contributed by atoms with E-state index in [4.69, 9.17) is 11.6 Å². The lowest BCUT2D eigenvalue weighted by atomic mass is 10.2. The third-order valence-corrected chi connectivity index (χ3v) is 5.18. The minimum absolute atomic E-state index is 0.0640. The summed E-state index contributed by atoms with van der Waals surface area (Å²) in [4.78, 5) is 27.2. The molecule has 0 aliphatic carbocycles. The van der Waals surface area contributed by atoms with Crippen molar-refractivity contribution in [3.63, 3.8) is 0 Å². The molecule has 2 heterocycles. The van der Waals surface area contributed by atoms with Crippen LogP contribution in [0.3, 0.4) is 0 Å². The number of benzene rings is 2. The Kier molecular flexibility index (Phi) is 5.37. The Balaban J connectivity index is 1.46. The molecule has 1 aromatic heterocycles. The van der Waals surface area contributed by atoms with Gasteiger partial charge in [0.2, 0.25) is 0 Å². The summed E-state index contributed by atoms with van der Waals surface area (Å²) in [5, 5.41) is 15.8. The molecular formula is C20H17ClFN5O3. The van der Waals surface area contributed by atoms with Gasteiger partial charge in [-0.15, -0.1) is 0 Å². The van der Waals surface area contributed by atoms with Crippen molar-refractivity contribution in [2.45, 2.75) is 0 Å². The normalized spacial score (nSPS) is 14.1. The first-order valence-electron chi connectivity index (χ1n) is 9.23. The molecule has 4 rings (SSSR count). The van der Waals surface area contributed by atoms with Crippen molar-refractivity contribution in [1.82, 2.24) is 14.7 Å². The number of carbonyl (C=O) groups is 1.